The van der Waals surface area contributed by atoms with Crippen LogP contribution in [-0.2, 0) is 18.4 Å². The van der Waals surface area contributed by atoms with Crippen molar-refractivity contribution in [1.29, 1.82) is 0 Å². The van der Waals surface area contributed by atoms with Gasteiger partial charge in [0.15, 0.2) is 0 Å². The number of nitrogens with zero attached hydrogens (tertiary/aromatic N) is 1. The summed E-state index contributed by atoms with van der Waals surface area (Å²) in [6, 6.07) is 25.4. The fraction of sp³-hybridized carbons (Fsp3) is 0.185. The maximum Gasteiger partial charge on any atom is 0.258 e. The molecule has 4 rings (SSSR count). The molecule has 0 spiro atoms. The minimum absolute atomic E-state index is 0.0457. The second-order valence-electron chi connectivity index (χ2n) is 7.65. The predicted octanol–water partition coefficient (Wildman–Crippen LogP) is 5.01. The fourth-order valence-corrected chi connectivity index (χ4v) is 4.73. The third kappa shape index (κ3) is 5.12. The second-order valence-corrected chi connectivity index (χ2v) is 8.82. The fourth-order valence-electron chi connectivity index (χ4n) is 3.85. The zero-order valence-electron chi connectivity index (χ0n) is 18.7. The average Bonchev–Trinajstić information content (AvgIpc) is 2.86. The van der Waals surface area contributed by atoms with Gasteiger partial charge in [0.1, 0.15) is 5.75 Å². The molecular weight excluding hydrogens is 432 g/mol. The van der Waals surface area contributed by atoms with Crippen LogP contribution in [0.2, 0.25) is 0 Å². The molecule has 4 aromatic rings. The number of nitrogens with one attached hydrogen (secondary N) is 1. The summed E-state index contributed by atoms with van der Waals surface area (Å²) in [7, 11) is 3.37. The van der Waals surface area contributed by atoms with Crippen molar-refractivity contribution in [3.05, 3.63) is 94.9 Å². The highest BCUT2D eigenvalue weighted by Gasteiger charge is 2.17. The Morgan fingerprint density at radius 3 is 2.36 bits per heavy atom. The minimum Gasteiger partial charge on any atom is -0.497 e. The lowest BCUT2D eigenvalue weighted by Crippen LogP contribution is -2.29. The van der Waals surface area contributed by atoms with Gasteiger partial charge in [-0.2, -0.15) is 0 Å². The Hall–Kier alpha value is -3.51. The lowest BCUT2D eigenvalue weighted by atomic mass is 9.96. The molecule has 0 aliphatic rings. The number of fused-ring (bicyclic) bond motifs is 1. The Kier molecular flexibility index (Phi) is 7.15. The summed E-state index contributed by atoms with van der Waals surface area (Å²) < 4.78 is 7.06. The van der Waals surface area contributed by atoms with E-state index in [0.717, 1.165) is 27.1 Å². The molecule has 1 N–H and O–H groups in total. The van der Waals surface area contributed by atoms with Crippen LogP contribution in [0, 0.1) is 0 Å². The van der Waals surface area contributed by atoms with Crippen LogP contribution in [0.1, 0.15) is 12.1 Å². The highest BCUT2D eigenvalue weighted by atomic mass is 32.2. The van der Waals surface area contributed by atoms with Crippen molar-refractivity contribution in [2.45, 2.75) is 17.9 Å². The summed E-state index contributed by atoms with van der Waals surface area (Å²) in [5.41, 5.74) is 2.56. The number of carbonyl (C=O) groups excluding carboxylic acids is 1. The van der Waals surface area contributed by atoms with Crippen molar-refractivity contribution in [3.63, 3.8) is 0 Å². The SMILES string of the molecule is COc1ccc2c(=O)n(C)c(CNC(=O)CCSc3ccccc3)c(-c3ccccc3)c2c1. The number of rotatable bonds is 8. The number of methoxy groups -OCH3 is 1. The first-order valence-electron chi connectivity index (χ1n) is 10.8. The van der Waals surface area contributed by atoms with Gasteiger partial charge in [0, 0.05) is 46.1 Å². The van der Waals surface area contributed by atoms with Crippen LogP contribution in [0.3, 0.4) is 0 Å². The van der Waals surface area contributed by atoms with Crippen molar-refractivity contribution in [2.75, 3.05) is 12.9 Å². The van der Waals surface area contributed by atoms with Crippen molar-refractivity contribution < 1.29 is 9.53 Å². The zero-order valence-corrected chi connectivity index (χ0v) is 19.5. The number of aromatic nitrogens is 1. The molecule has 0 atom stereocenters. The lowest BCUT2D eigenvalue weighted by Gasteiger charge is -2.18. The van der Waals surface area contributed by atoms with Crippen LogP contribution in [0.15, 0.2) is 88.6 Å². The molecule has 6 heteroatoms. The molecule has 0 saturated heterocycles. The number of pyridine rings is 1. The number of amides is 1. The first-order valence-corrected chi connectivity index (χ1v) is 11.8. The minimum atomic E-state index is -0.101. The molecule has 0 fully saturated rings. The summed E-state index contributed by atoms with van der Waals surface area (Å²) >= 11 is 1.65. The quantitative estimate of drug-likeness (QED) is 0.377. The van der Waals surface area contributed by atoms with E-state index in [4.69, 9.17) is 4.74 Å². The zero-order chi connectivity index (χ0) is 23.2. The average molecular weight is 459 g/mol. The Morgan fingerprint density at radius 2 is 1.67 bits per heavy atom. The van der Waals surface area contributed by atoms with E-state index in [-0.39, 0.29) is 18.0 Å². The van der Waals surface area contributed by atoms with Crippen molar-refractivity contribution >= 4 is 28.4 Å². The van der Waals surface area contributed by atoms with Gasteiger partial charge < -0.3 is 14.6 Å². The lowest BCUT2D eigenvalue weighted by molar-refractivity contribution is -0.120. The molecule has 0 aliphatic heterocycles. The Morgan fingerprint density at radius 1 is 0.970 bits per heavy atom. The van der Waals surface area contributed by atoms with E-state index in [1.54, 1.807) is 42.6 Å². The molecule has 0 bridgehead atoms. The number of carbonyl (C=O) groups is 1. The second kappa shape index (κ2) is 10.4. The first kappa shape index (κ1) is 22.7. The van der Waals surface area contributed by atoms with E-state index >= 15 is 0 Å². The summed E-state index contributed by atoms with van der Waals surface area (Å²) in [4.78, 5) is 26.8. The third-order valence-corrected chi connectivity index (χ3v) is 6.59. The van der Waals surface area contributed by atoms with Gasteiger partial charge in [-0.25, -0.2) is 0 Å². The summed E-state index contributed by atoms with van der Waals surface area (Å²) in [5, 5.41) is 4.44. The smallest absolute Gasteiger partial charge is 0.258 e. The van der Waals surface area contributed by atoms with Crippen molar-refractivity contribution in [1.82, 2.24) is 9.88 Å². The van der Waals surface area contributed by atoms with Gasteiger partial charge in [-0.1, -0.05) is 48.5 Å². The standard InChI is InChI=1S/C27H26N2O3S/c1-29-24(18-28-25(30)15-16-33-21-11-7-4-8-12-21)26(19-9-5-3-6-10-19)23-17-20(32-2)13-14-22(23)27(29)31/h3-14,17H,15-16,18H2,1-2H3,(H,28,30). The highest BCUT2D eigenvalue weighted by molar-refractivity contribution is 7.99. The molecule has 33 heavy (non-hydrogen) atoms. The third-order valence-electron chi connectivity index (χ3n) is 5.58. The number of thioether (sulfide) groups is 1. The molecule has 0 aliphatic carbocycles. The summed E-state index contributed by atoms with van der Waals surface area (Å²) in [6.07, 6.45) is 0.398. The molecule has 168 valence electrons. The molecule has 5 nitrogen and oxygen atoms in total. The van der Waals surface area contributed by atoms with E-state index < -0.39 is 0 Å². The van der Waals surface area contributed by atoms with Gasteiger partial charge in [0.2, 0.25) is 5.91 Å². The number of ether oxygens (including phenoxy) is 1. The Bertz CT molecular complexity index is 1320. The first-order chi connectivity index (χ1) is 16.1. The van der Waals surface area contributed by atoms with Gasteiger partial charge in [-0.05, 0) is 35.9 Å². The maximum atomic E-state index is 13.1. The molecule has 1 amide bonds. The van der Waals surface area contributed by atoms with E-state index in [0.29, 0.717) is 23.3 Å². The highest BCUT2D eigenvalue weighted by Crippen LogP contribution is 2.32. The molecule has 1 aromatic heterocycles. The van der Waals surface area contributed by atoms with Gasteiger partial charge in [0.25, 0.3) is 5.56 Å². The Labute approximate surface area is 197 Å². The largest absolute Gasteiger partial charge is 0.497 e. The van der Waals surface area contributed by atoms with Crippen LogP contribution in [0.5, 0.6) is 5.75 Å². The summed E-state index contributed by atoms with van der Waals surface area (Å²) in [6.45, 7) is 0.262. The van der Waals surface area contributed by atoms with E-state index in [1.165, 1.54) is 0 Å². The van der Waals surface area contributed by atoms with Gasteiger partial charge >= 0.3 is 0 Å². The Balaban J connectivity index is 1.63. The van der Waals surface area contributed by atoms with Gasteiger partial charge in [-0.15, -0.1) is 11.8 Å². The number of benzene rings is 3. The number of hydrogen-bond acceptors (Lipinski definition) is 4. The topological polar surface area (TPSA) is 60.3 Å². The van der Waals surface area contributed by atoms with Crippen molar-refractivity contribution in [3.8, 4) is 16.9 Å². The molecule has 0 radical (unpaired) electrons. The maximum absolute atomic E-state index is 13.1. The molecule has 1 heterocycles. The normalized spacial score (nSPS) is 10.8. The molecule has 0 unspecified atom stereocenters. The predicted molar refractivity (Wildman–Crippen MR) is 135 cm³/mol. The van der Waals surface area contributed by atoms with Crippen molar-refractivity contribution in [2.24, 2.45) is 7.05 Å². The van der Waals surface area contributed by atoms with E-state index in [2.05, 4.69) is 5.32 Å². The molecular formula is C27H26N2O3S. The van der Waals surface area contributed by atoms with E-state index in [1.807, 2.05) is 66.7 Å². The van der Waals surface area contributed by atoms with Gasteiger partial charge in [0.05, 0.1) is 13.7 Å². The van der Waals surface area contributed by atoms with E-state index in [9.17, 15) is 9.59 Å². The number of hydrogen-bond donors (Lipinski definition) is 1. The van der Waals surface area contributed by atoms with Gasteiger partial charge in [-0.3, -0.25) is 9.59 Å². The summed E-state index contributed by atoms with van der Waals surface area (Å²) in [5.74, 6) is 1.33. The van der Waals surface area contributed by atoms with Crippen LogP contribution >= 0.6 is 11.8 Å². The molecule has 0 saturated carbocycles. The molecule has 3 aromatic carbocycles. The van der Waals surface area contributed by atoms with Crippen LogP contribution < -0.4 is 15.6 Å². The van der Waals surface area contributed by atoms with Crippen LogP contribution in [0.25, 0.3) is 21.9 Å². The monoisotopic (exact) mass is 458 g/mol. The van der Waals surface area contributed by atoms with Crippen LogP contribution in [0.4, 0.5) is 0 Å². The van der Waals surface area contributed by atoms with Crippen LogP contribution in [-0.4, -0.2) is 23.3 Å².